The van der Waals surface area contributed by atoms with Gasteiger partial charge in [0.2, 0.25) is 0 Å². The van der Waals surface area contributed by atoms with Crippen molar-refractivity contribution >= 4 is 29.0 Å². The number of methoxy groups -OCH3 is 1. The fraction of sp³-hybridized carbons (Fsp3) is 0.286. The van der Waals surface area contributed by atoms with Crippen molar-refractivity contribution in [3.63, 3.8) is 0 Å². The number of hydrogen-bond acceptors (Lipinski definition) is 4. The van der Waals surface area contributed by atoms with Gasteiger partial charge in [-0.1, -0.05) is 29.8 Å². The van der Waals surface area contributed by atoms with Crippen LogP contribution in [0.15, 0.2) is 29.2 Å². The average Bonchev–Trinajstić information content (AvgIpc) is 2.62. The van der Waals surface area contributed by atoms with Crippen molar-refractivity contribution in [2.45, 2.75) is 6.92 Å². The number of amides is 2. The molecular weight excluding hydrogens is 262 g/mol. The highest BCUT2D eigenvalue weighted by atomic mass is 32.2. The molecule has 0 N–H and O–H groups in total. The maximum Gasteiger partial charge on any atom is 0.293 e. The van der Waals surface area contributed by atoms with Gasteiger partial charge in [0.15, 0.2) is 0 Å². The van der Waals surface area contributed by atoms with Crippen molar-refractivity contribution in [1.29, 1.82) is 0 Å². The first-order valence-corrected chi connectivity index (χ1v) is 6.74. The van der Waals surface area contributed by atoms with Crippen molar-refractivity contribution in [2.24, 2.45) is 0 Å². The largest absolute Gasteiger partial charge is 0.383 e. The maximum absolute atomic E-state index is 12.1. The molecule has 1 aliphatic heterocycles. The first-order valence-electron chi connectivity index (χ1n) is 5.93. The minimum Gasteiger partial charge on any atom is -0.383 e. The number of imide groups is 1. The van der Waals surface area contributed by atoms with Crippen LogP contribution >= 0.6 is 11.8 Å². The number of aryl methyl sites for hydroxylation is 1. The number of nitrogens with zero attached hydrogens (tertiary/aromatic N) is 1. The Morgan fingerprint density at radius 2 is 2.16 bits per heavy atom. The third-order valence-electron chi connectivity index (χ3n) is 2.73. The number of carbonyl (C=O) groups is 2. The molecular formula is C14H15NO3S. The summed E-state index contributed by atoms with van der Waals surface area (Å²) in [4.78, 5) is 25.5. The molecule has 0 aromatic heterocycles. The summed E-state index contributed by atoms with van der Waals surface area (Å²) < 4.78 is 4.89. The summed E-state index contributed by atoms with van der Waals surface area (Å²) in [5, 5.41) is -0.235. The number of carbonyl (C=O) groups excluding carboxylic acids is 2. The molecule has 0 atom stereocenters. The van der Waals surface area contributed by atoms with Gasteiger partial charge >= 0.3 is 0 Å². The Morgan fingerprint density at radius 1 is 1.37 bits per heavy atom. The number of rotatable bonds is 4. The smallest absolute Gasteiger partial charge is 0.293 e. The van der Waals surface area contributed by atoms with E-state index in [2.05, 4.69) is 0 Å². The van der Waals surface area contributed by atoms with Crippen LogP contribution in [-0.4, -0.2) is 36.3 Å². The van der Waals surface area contributed by atoms with Crippen molar-refractivity contribution in [1.82, 2.24) is 4.90 Å². The molecule has 1 aliphatic rings. The molecule has 1 heterocycles. The fourth-order valence-corrected chi connectivity index (χ4v) is 2.65. The van der Waals surface area contributed by atoms with Gasteiger partial charge in [0.25, 0.3) is 11.1 Å². The number of hydrogen-bond donors (Lipinski definition) is 0. The van der Waals surface area contributed by atoms with Crippen LogP contribution in [0.25, 0.3) is 6.08 Å². The van der Waals surface area contributed by atoms with Gasteiger partial charge in [0, 0.05) is 7.11 Å². The summed E-state index contributed by atoms with van der Waals surface area (Å²) in [7, 11) is 1.54. The number of ether oxygens (including phenoxy) is 1. The van der Waals surface area contributed by atoms with E-state index >= 15 is 0 Å². The second kappa shape index (κ2) is 6.04. The van der Waals surface area contributed by atoms with E-state index in [1.54, 1.807) is 13.2 Å². The predicted octanol–water partition coefficient (Wildman–Crippen LogP) is 2.68. The molecule has 0 bridgehead atoms. The van der Waals surface area contributed by atoms with Crippen LogP contribution in [-0.2, 0) is 9.53 Å². The topological polar surface area (TPSA) is 46.6 Å². The summed E-state index contributed by atoms with van der Waals surface area (Å²) in [5.74, 6) is -0.242. The van der Waals surface area contributed by atoms with Gasteiger partial charge in [-0.2, -0.15) is 0 Å². The molecule has 1 saturated heterocycles. The minimum atomic E-state index is -0.242. The summed E-state index contributed by atoms with van der Waals surface area (Å²) in [5.41, 5.74) is 2.05. The molecule has 0 spiro atoms. The molecule has 0 aliphatic carbocycles. The van der Waals surface area contributed by atoms with Gasteiger partial charge in [0.1, 0.15) is 0 Å². The van der Waals surface area contributed by atoms with Crippen LogP contribution in [0.5, 0.6) is 0 Å². The van der Waals surface area contributed by atoms with Gasteiger partial charge in [-0.3, -0.25) is 14.5 Å². The second-order valence-electron chi connectivity index (χ2n) is 4.24. The Labute approximate surface area is 116 Å². The molecule has 2 rings (SSSR count). The molecule has 5 heteroatoms. The van der Waals surface area contributed by atoms with Crippen LogP contribution in [0.2, 0.25) is 0 Å². The standard InChI is InChI=1S/C14H15NO3S/c1-10-4-3-5-11(8-10)9-12-13(16)15(6-7-18-2)14(17)19-12/h3-5,8-9H,6-7H2,1-2H3/b12-9+. The molecule has 4 nitrogen and oxygen atoms in total. The summed E-state index contributed by atoms with van der Waals surface area (Å²) in [6, 6.07) is 7.80. The summed E-state index contributed by atoms with van der Waals surface area (Å²) in [6.45, 7) is 2.64. The zero-order valence-corrected chi connectivity index (χ0v) is 11.7. The van der Waals surface area contributed by atoms with Gasteiger partial charge < -0.3 is 4.74 Å². The summed E-state index contributed by atoms with van der Waals surface area (Å²) in [6.07, 6.45) is 1.75. The van der Waals surface area contributed by atoms with E-state index in [1.165, 1.54) is 4.90 Å². The molecule has 100 valence electrons. The predicted molar refractivity (Wildman–Crippen MR) is 75.7 cm³/mol. The number of benzene rings is 1. The Balaban J connectivity index is 2.18. The summed E-state index contributed by atoms with van der Waals surface area (Å²) >= 11 is 0.976. The van der Waals surface area contributed by atoms with E-state index in [0.717, 1.165) is 22.9 Å². The van der Waals surface area contributed by atoms with Crippen molar-refractivity contribution in [3.05, 3.63) is 40.3 Å². The molecule has 0 radical (unpaired) electrons. The normalized spacial score (nSPS) is 17.6. The van der Waals surface area contributed by atoms with Crippen molar-refractivity contribution in [3.8, 4) is 0 Å². The van der Waals surface area contributed by atoms with E-state index < -0.39 is 0 Å². The molecule has 1 aromatic carbocycles. The highest BCUT2D eigenvalue weighted by molar-refractivity contribution is 8.18. The lowest BCUT2D eigenvalue weighted by atomic mass is 10.1. The van der Waals surface area contributed by atoms with Crippen LogP contribution < -0.4 is 0 Å². The highest BCUT2D eigenvalue weighted by Gasteiger charge is 2.34. The monoisotopic (exact) mass is 277 g/mol. The molecule has 0 unspecified atom stereocenters. The van der Waals surface area contributed by atoms with Crippen molar-refractivity contribution in [2.75, 3.05) is 20.3 Å². The third-order valence-corrected chi connectivity index (χ3v) is 3.64. The lowest BCUT2D eigenvalue weighted by Gasteiger charge is -2.10. The molecule has 0 saturated carbocycles. The SMILES string of the molecule is COCCN1C(=O)S/C(=C/c2cccc(C)c2)C1=O. The zero-order valence-electron chi connectivity index (χ0n) is 10.9. The van der Waals surface area contributed by atoms with Crippen LogP contribution in [0, 0.1) is 6.92 Å². The fourth-order valence-electron chi connectivity index (χ4n) is 1.79. The van der Waals surface area contributed by atoms with E-state index in [9.17, 15) is 9.59 Å². The molecule has 19 heavy (non-hydrogen) atoms. The average molecular weight is 277 g/mol. The zero-order chi connectivity index (χ0) is 13.8. The maximum atomic E-state index is 12.1. The van der Waals surface area contributed by atoms with Gasteiger partial charge in [0.05, 0.1) is 18.1 Å². The Bertz CT molecular complexity index is 539. The first kappa shape index (κ1) is 13.8. The highest BCUT2D eigenvalue weighted by Crippen LogP contribution is 2.31. The van der Waals surface area contributed by atoms with E-state index in [1.807, 2.05) is 31.2 Å². The van der Waals surface area contributed by atoms with Gasteiger partial charge in [-0.15, -0.1) is 0 Å². The number of thioether (sulfide) groups is 1. The quantitative estimate of drug-likeness (QED) is 0.794. The Hall–Kier alpha value is -1.59. The van der Waals surface area contributed by atoms with Crippen LogP contribution in [0.4, 0.5) is 4.79 Å². The van der Waals surface area contributed by atoms with Gasteiger partial charge in [-0.25, -0.2) is 0 Å². The lowest BCUT2D eigenvalue weighted by molar-refractivity contribution is -0.123. The Morgan fingerprint density at radius 3 is 2.84 bits per heavy atom. The molecule has 2 amide bonds. The van der Waals surface area contributed by atoms with Gasteiger partial charge in [-0.05, 0) is 30.3 Å². The van der Waals surface area contributed by atoms with E-state index in [-0.39, 0.29) is 11.1 Å². The minimum absolute atomic E-state index is 0.235. The first-order chi connectivity index (χ1) is 9.11. The van der Waals surface area contributed by atoms with E-state index in [4.69, 9.17) is 4.74 Å². The second-order valence-corrected chi connectivity index (χ2v) is 5.23. The van der Waals surface area contributed by atoms with Crippen LogP contribution in [0.3, 0.4) is 0 Å². The lowest BCUT2D eigenvalue weighted by Crippen LogP contribution is -2.31. The van der Waals surface area contributed by atoms with Crippen molar-refractivity contribution < 1.29 is 14.3 Å². The van der Waals surface area contributed by atoms with Crippen LogP contribution in [0.1, 0.15) is 11.1 Å². The Kier molecular flexibility index (Phi) is 4.39. The third kappa shape index (κ3) is 3.24. The van der Waals surface area contributed by atoms with E-state index in [0.29, 0.717) is 18.1 Å². The molecule has 1 aromatic rings. The molecule has 1 fully saturated rings.